The lowest BCUT2D eigenvalue weighted by Gasteiger charge is -2.13. The van der Waals surface area contributed by atoms with Gasteiger partial charge in [-0.3, -0.25) is 4.79 Å². The third-order valence-electron chi connectivity index (χ3n) is 4.02. The van der Waals surface area contributed by atoms with Gasteiger partial charge in [-0.25, -0.2) is 17.5 Å². The van der Waals surface area contributed by atoms with Gasteiger partial charge in [-0.1, -0.05) is 18.2 Å². The maximum absolute atomic E-state index is 13.2. The Bertz CT molecular complexity index is 913. The first-order chi connectivity index (χ1) is 12.3. The maximum atomic E-state index is 13.2. The maximum Gasteiger partial charge on any atom is 0.251 e. The van der Waals surface area contributed by atoms with Gasteiger partial charge in [0.1, 0.15) is 5.82 Å². The zero-order valence-electron chi connectivity index (χ0n) is 13.9. The Morgan fingerprint density at radius 1 is 1.19 bits per heavy atom. The van der Waals surface area contributed by atoms with Crippen LogP contribution in [0.5, 0.6) is 0 Å². The lowest BCUT2D eigenvalue weighted by atomic mass is 10.1. The molecule has 8 heteroatoms. The second-order valence-electron chi connectivity index (χ2n) is 6.20. The third-order valence-corrected chi connectivity index (χ3v) is 5.44. The Kier molecular flexibility index (Phi) is 5.36. The molecule has 138 valence electrons. The highest BCUT2D eigenvalue weighted by Gasteiger charge is 2.24. The minimum absolute atomic E-state index is 0.0765. The van der Waals surface area contributed by atoms with Gasteiger partial charge >= 0.3 is 0 Å². The van der Waals surface area contributed by atoms with Crippen molar-refractivity contribution in [1.82, 2.24) is 10.0 Å². The Balaban J connectivity index is 1.68. The number of carbonyl (C=O) groups is 1. The molecule has 0 radical (unpaired) electrons. The van der Waals surface area contributed by atoms with Gasteiger partial charge in [-0.15, -0.1) is 0 Å². The Morgan fingerprint density at radius 2 is 1.92 bits per heavy atom. The molecule has 6 nitrogen and oxygen atoms in total. The number of rotatable bonds is 7. The van der Waals surface area contributed by atoms with Crippen LogP contribution in [0.3, 0.4) is 0 Å². The summed E-state index contributed by atoms with van der Waals surface area (Å²) >= 11 is 0. The van der Waals surface area contributed by atoms with Crippen molar-refractivity contribution in [3.8, 4) is 0 Å². The Labute approximate surface area is 151 Å². The molecule has 1 aliphatic carbocycles. The van der Waals surface area contributed by atoms with E-state index < -0.39 is 21.9 Å². The van der Waals surface area contributed by atoms with E-state index in [2.05, 4.69) is 10.0 Å². The standard InChI is InChI=1S/C18H19FN2O4S/c19-14-5-1-3-12(9-14)17(22)11-20-26(24,25)16-6-2-4-13(10-16)18(23)21-15-7-8-15/h1-6,9-10,15,17,20,22H,7-8,11H2,(H,21,23)/t17-/m0/s1. The van der Waals surface area contributed by atoms with Gasteiger partial charge < -0.3 is 10.4 Å². The Hall–Kier alpha value is -2.29. The molecule has 1 fully saturated rings. The lowest BCUT2D eigenvalue weighted by Crippen LogP contribution is -2.29. The summed E-state index contributed by atoms with van der Waals surface area (Å²) in [4.78, 5) is 12.0. The van der Waals surface area contributed by atoms with Gasteiger partial charge in [0.05, 0.1) is 11.0 Å². The SMILES string of the molecule is O=C(NC1CC1)c1cccc(S(=O)(=O)NC[C@H](O)c2cccc(F)c2)c1. The van der Waals surface area contributed by atoms with Crippen LogP contribution in [0, 0.1) is 5.82 Å². The van der Waals surface area contributed by atoms with Crippen LogP contribution in [-0.4, -0.2) is 32.0 Å². The fourth-order valence-electron chi connectivity index (χ4n) is 2.40. The molecular formula is C18H19FN2O4S. The molecule has 3 rings (SSSR count). The molecular weight excluding hydrogens is 359 g/mol. The molecule has 0 heterocycles. The summed E-state index contributed by atoms with van der Waals surface area (Å²) in [5, 5.41) is 12.8. The van der Waals surface area contributed by atoms with Gasteiger partial charge in [0, 0.05) is 18.2 Å². The number of sulfonamides is 1. The fraction of sp³-hybridized carbons (Fsp3) is 0.278. The second kappa shape index (κ2) is 7.53. The van der Waals surface area contributed by atoms with Crippen molar-refractivity contribution in [1.29, 1.82) is 0 Å². The van der Waals surface area contributed by atoms with Gasteiger partial charge in [-0.2, -0.15) is 0 Å². The minimum Gasteiger partial charge on any atom is -0.387 e. The first-order valence-electron chi connectivity index (χ1n) is 8.19. The first kappa shape index (κ1) is 18.5. The molecule has 3 N–H and O–H groups in total. The van der Waals surface area contributed by atoms with Crippen LogP contribution in [0.2, 0.25) is 0 Å². The van der Waals surface area contributed by atoms with Crippen molar-refractivity contribution in [3.63, 3.8) is 0 Å². The number of aliphatic hydroxyl groups is 1. The highest BCUT2D eigenvalue weighted by atomic mass is 32.2. The molecule has 0 bridgehead atoms. The molecule has 26 heavy (non-hydrogen) atoms. The molecule has 1 aliphatic rings. The van der Waals surface area contributed by atoms with E-state index in [0.29, 0.717) is 0 Å². The highest BCUT2D eigenvalue weighted by Crippen LogP contribution is 2.20. The fourth-order valence-corrected chi connectivity index (χ4v) is 3.49. The Morgan fingerprint density at radius 3 is 2.62 bits per heavy atom. The van der Waals surface area contributed by atoms with Crippen molar-refractivity contribution in [2.45, 2.75) is 29.9 Å². The molecule has 1 atom stereocenters. The van der Waals surface area contributed by atoms with E-state index in [4.69, 9.17) is 0 Å². The van der Waals surface area contributed by atoms with E-state index in [9.17, 15) is 22.7 Å². The molecule has 2 aromatic rings. The summed E-state index contributed by atoms with van der Waals surface area (Å²) in [5.74, 6) is -0.830. The summed E-state index contributed by atoms with van der Waals surface area (Å²) in [5.41, 5.74) is 0.524. The van der Waals surface area contributed by atoms with Gasteiger partial charge in [0.15, 0.2) is 0 Å². The predicted octanol–water partition coefficient (Wildman–Crippen LogP) is 1.73. The van der Waals surface area contributed by atoms with Crippen LogP contribution < -0.4 is 10.0 Å². The minimum atomic E-state index is -3.93. The number of benzene rings is 2. The number of carbonyl (C=O) groups excluding carboxylic acids is 1. The normalized spacial score (nSPS) is 15.5. The van der Waals surface area contributed by atoms with Gasteiger partial charge in [0.25, 0.3) is 5.91 Å². The number of nitrogens with one attached hydrogen (secondary N) is 2. The lowest BCUT2D eigenvalue weighted by molar-refractivity contribution is 0.0951. The number of hydrogen-bond acceptors (Lipinski definition) is 4. The number of amides is 1. The average molecular weight is 378 g/mol. The molecule has 0 saturated heterocycles. The monoisotopic (exact) mass is 378 g/mol. The van der Waals surface area contributed by atoms with E-state index in [0.717, 1.165) is 18.9 Å². The van der Waals surface area contributed by atoms with Crippen molar-refractivity contribution < 1.29 is 22.7 Å². The number of aliphatic hydroxyl groups excluding tert-OH is 1. The van der Waals surface area contributed by atoms with Crippen LogP contribution in [0.1, 0.15) is 34.9 Å². The van der Waals surface area contributed by atoms with E-state index in [1.54, 1.807) is 6.07 Å². The number of halogens is 1. The van der Waals surface area contributed by atoms with Crippen molar-refractivity contribution in [2.75, 3.05) is 6.54 Å². The molecule has 0 aromatic heterocycles. The van der Waals surface area contributed by atoms with Crippen LogP contribution in [0.25, 0.3) is 0 Å². The highest BCUT2D eigenvalue weighted by molar-refractivity contribution is 7.89. The van der Waals surface area contributed by atoms with Crippen molar-refractivity contribution in [3.05, 3.63) is 65.5 Å². The quantitative estimate of drug-likeness (QED) is 0.684. The smallest absolute Gasteiger partial charge is 0.251 e. The summed E-state index contributed by atoms with van der Waals surface area (Å²) in [6.45, 7) is -0.315. The molecule has 2 aromatic carbocycles. The molecule has 0 spiro atoms. The van der Waals surface area contributed by atoms with E-state index in [1.807, 2.05) is 0 Å². The van der Waals surface area contributed by atoms with Crippen molar-refractivity contribution >= 4 is 15.9 Å². The van der Waals surface area contributed by atoms with E-state index in [-0.39, 0.29) is 34.5 Å². The number of hydrogen-bond donors (Lipinski definition) is 3. The zero-order chi connectivity index (χ0) is 18.7. The summed E-state index contributed by atoms with van der Waals surface area (Å²) in [6, 6.07) is 11.2. The first-order valence-corrected chi connectivity index (χ1v) is 9.67. The van der Waals surface area contributed by atoms with Crippen LogP contribution in [0.4, 0.5) is 4.39 Å². The average Bonchev–Trinajstić information content (AvgIpc) is 3.44. The largest absolute Gasteiger partial charge is 0.387 e. The van der Waals surface area contributed by atoms with Crippen LogP contribution in [0.15, 0.2) is 53.4 Å². The predicted molar refractivity (Wildman–Crippen MR) is 93.5 cm³/mol. The third kappa shape index (κ3) is 4.66. The molecule has 1 saturated carbocycles. The molecule has 0 unspecified atom stereocenters. The summed E-state index contributed by atoms with van der Waals surface area (Å²) < 4.78 is 40.3. The topological polar surface area (TPSA) is 95.5 Å². The van der Waals surface area contributed by atoms with Crippen molar-refractivity contribution in [2.24, 2.45) is 0 Å². The van der Waals surface area contributed by atoms with Gasteiger partial charge in [-0.05, 0) is 48.7 Å². The van der Waals surface area contributed by atoms with Crippen LogP contribution in [-0.2, 0) is 10.0 Å². The van der Waals surface area contributed by atoms with Gasteiger partial charge in [0.2, 0.25) is 10.0 Å². The van der Waals surface area contributed by atoms with E-state index >= 15 is 0 Å². The zero-order valence-corrected chi connectivity index (χ0v) is 14.7. The second-order valence-corrected chi connectivity index (χ2v) is 7.97. The molecule has 0 aliphatic heterocycles. The van der Waals surface area contributed by atoms with Crippen LogP contribution >= 0.6 is 0 Å². The summed E-state index contributed by atoms with van der Waals surface area (Å²) in [6.07, 6.45) is 0.675. The molecule has 1 amide bonds. The summed E-state index contributed by atoms with van der Waals surface area (Å²) in [7, 11) is -3.93. The van der Waals surface area contributed by atoms with E-state index in [1.165, 1.54) is 36.4 Å².